The third-order valence-corrected chi connectivity index (χ3v) is 6.00. The minimum absolute atomic E-state index is 0.0133. The maximum absolute atomic E-state index is 12.5. The smallest absolute Gasteiger partial charge is 0.226 e. The lowest BCUT2D eigenvalue weighted by Gasteiger charge is -2.42. The van der Waals surface area contributed by atoms with Crippen molar-refractivity contribution in [3.8, 4) is 0 Å². The van der Waals surface area contributed by atoms with E-state index in [-0.39, 0.29) is 5.60 Å². The van der Waals surface area contributed by atoms with Crippen molar-refractivity contribution < 1.29 is 14.3 Å². The minimum Gasteiger partial charge on any atom is -0.385 e. The van der Waals surface area contributed by atoms with Gasteiger partial charge in [-0.15, -0.1) is 0 Å². The summed E-state index contributed by atoms with van der Waals surface area (Å²) in [6.07, 6.45) is 11.9. The number of rotatable bonds is 5. The summed E-state index contributed by atoms with van der Waals surface area (Å²) in [6.45, 7) is 3.40. The van der Waals surface area contributed by atoms with Crippen LogP contribution in [0.1, 0.15) is 57.8 Å². The number of carbonyl (C=O) groups excluding carboxylic acids is 1. The van der Waals surface area contributed by atoms with E-state index in [0.29, 0.717) is 18.2 Å². The number of hydrogen-bond acceptors (Lipinski definition) is 3. The molecule has 4 heteroatoms. The number of likely N-dealkylation sites (tertiary alicyclic amines) is 1. The number of allylic oxidation sites excluding steroid dienone is 1. The summed E-state index contributed by atoms with van der Waals surface area (Å²) in [5.41, 5.74) is 1.37. The summed E-state index contributed by atoms with van der Waals surface area (Å²) < 4.78 is 11.4. The average Bonchev–Trinajstić information content (AvgIpc) is 2.96. The fourth-order valence-corrected chi connectivity index (χ4v) is 4.51. The molecule has 2 aliphatic heterocycles. The van der Waals surface area contributed by atoms with Gasteiger partial charge in [-0.1, -0.05) is 11.6 Å². The van der Waals surface area contributed by atoms with E-state index in [2.05, 4.69) is 11.0 Å². The molecule has 2 heterocycles. The molecular weight excluding hydrogens is 290 g/mol. The number of carbonyl (C=O) groups is 1. The Bertz CT molecular complexity index is 438. The molecule has 0 aromatic rings. The normalized spacial score (nSPS) is 27.3. The number of amides is 1. The Kier molecular flexibility index (Phi) is 5.76. The quantitative estimate of drug-likeness (QED) is 0.729. The second-order valence-corrected chi connectivity index (χ2v) is 7.35. The highest BCUT2D eigenvalue weighted by molar-refractivity contribution is 5.78. The van der Waals surface area contributed by atoms with Crippen LogP contribution >= 0.6 is 0 Å². The molecule has 1 aliphatic carbocycles. The van der Waals surface area contributed by atoms with Crippen LogP contribution < -0.4 is 0 Å². The summed E-state index contributed by atoms with van der Waals surface area (Å²) in [5, 5.41) is 0. The lowest BCUT2D eigenvalue weighted by atomic mass is 9.78. The fourth-order valence-electron chi connectivity index (χ4n) is 4.51. The Hall–Kier alpha value is -0.870. The maximum Gasteiger partial charge on any atom is 0.226 e. The Balaban J connectivity index is 1.51. The van der Waals surface area contributed by atoms with Gasteiger partial charge in [0.15, 0.2) is 0 Å². The molecule has 4 nitrogen and oxygen atoms in total. The van der Waals surface area contributed by atoms with Crippen LogP contribution in [0.3, 0.4) is 0 Å². The van der Waals surface area contributed by atoms with E-state index in [1.165, 1.54) is 18.4 Å². The molecule has 1 amide bonds. The van der Waals surface area contributed by atoms with Gasteiger partial charge in [-0.25, -0.2) is 0 Å². The van der Waals surface area contributed by atoms with Gasteiger partial charge < -0.3 is 14.4 Å². The zero-order valence-electron chi connectivity index (χ0n) is 14.5. The summed E-state index contributed by atoms with van der Waals surface area (Å²) in [6, 6.07) is 0. The van der Waals surface area contributed by atoms with Crippen LogP contribution in [-0.2, 0) is 14.3 Å². The first-order chi connectivity index (χ1) is 11.2. The molecule has 1 atom stereocenters. The van der Waals surface area contributed by atoms with Gasteiger partial charge in [0.2, 0.25) is 5.91 Å². The third kappa shape index (κ3) is 3.97. The van der Waals surface area contributed by atoms with E-state index in [1.54, 1.807) is 7.11 Å². The number of piperidine rings is 1. The van der Waals surface area contributed by atoms with Crippen LogP contribution in [0, 0.1) is 5.92 Å². The molecule has 3 rings (SSSR count). The third-order valence-electron chi connectivity index (χ3n) is 6.00. The minimum atomic E-state index is 0.0133. The van der Waals surface area contributed by atoms with Crippen LogP contribution in [0.4, 0.5) is 0 Å². The molecule has 1 spiro atoms. The Morgan fingerprint density at radius 2 is 2.22 bits per heavy atom. The van der Waals surface area contributed by atoms with Gasteiger partial charge in [0.05, 0.1) is 5.60 Å². The van der Waals surface area contributed by atoms with E-state index in [9.17, 15) is 4.79 Å². The van der Waals surface area contributed by atoms with Gasteiger partial charge in [-0.2, -0.15) is 0 Å². The molecule has 23 heavy (non-hydrogen) atoms. The monoisotopic (exact) mass is 321 g/mol. The number of hydrogen-bond donors (Lipinski definition) is 0. The molecule has 0 aromatic carbocycles. The predicted octanol–water partition coefficient (Wildman–Crippen LogP) is 3.31. The molecule has 0 saturated carbocycles. The van der Waals surface area contributed by atoms with E-state index in [1.807, 2.05) is 0 Å². The topological polar surface area (TPSA) is 38.8 Å². The SMILES string of the molecule is COCCC1CCOC12CCN(C(=O)CC1=CCCCC1)CC2. The molecule has 1 unspecified atom stereocenters. The molecular formula is C19H31NO3. The molecule has 3 aliphatic rings. The zero-order chi connectivity index (χ0) is 16.1. The van der Waals surface area contributed by atoms with Gasteiger partial charge in [-0.3, -0.25) is 4.79 Å². The Morgan fingerprint density at radius 3 is 2.91 bits per heavy atom. The van der Waals surface area contributed by atoms with Crippen molar-refractivity contribution in [2.45, 2.75) is 63.4 Å². The van der Waals surface area contributed by atoms with Crippen molar-refractivity contribution in [2.24, 2.45) is 5.92 Å². The van der Waals surface area contributed by atoms with Crippen LogP contribution in [0.15, 0.2) is 11.6 Å². The lowest BCUT2D eigenvalue weighted by Crippen LogP contribution is -2.49. The van der Waals surface area contributed by atoms with Gasteiger partial charge in [-0.05, 0) is 57.3 Å². The highest BCUT2D eigenvalue weighted by Gasteiger charge is 2.46. The van der Waals surface area contributed by atoms with Crippen molar-refractivity contribution >= 4 is 5.91 Å². The molecule has 0 aromatic heterocycles. The average molecular weight is 321 g/mol. The van der Waals surface area contributed by atoms with E-state index in [0.717, 1.165) is 64.8 Å². The van der Waals surface area contributed by atoms with Gasteiger partial charge >= 0.3 is 0 Å². The van der Waals surface area contributed by atoms with Crippen molar-refractivity contribution in [1.29, 1.82) is 0 Å². The van der Waals surface area contributed by atoms with E-state index in [4.69, 9.17) is 9.47 Å². The van der Waals surface area contributed by atoms with Gasteiger partial charge in [0.25, 0.3) is 0 Å². The molecule has 0 N–H and O–H groups in total. The first kappa shape index (κ1) is 17.0. The van der Waals surface area contributed by atoms with Crippen LogP contribution in [0.5, 0.6) is 0 Å². The van der Waals surface area contributed by atoms with Gasteiger partial charge in [0, 0.05) is 39.8 Å². The summed E-state index contributed by atoms with van der Waals surface area (Å²) >= 11 is 0. The lowest BCUT2D eigenvalue weighted by molar-refractivity contribution is -0.137. The van der Waals surface area contributed by atoms with Crippen molar-refractivity contribution in [1.82, 2.24) is 4.90 Å². The molecule has 2 fully saturated rings. The van der Waals surface area contributed by atoms with Crippen molar-refractivity contribution in [2.75, 3.05) is 33.4 Å². The first-order valence-electron chi connectivity index (χ1n) is 9.32. The maximum atomic E-state index is 12.5. The van der Waals surface area contributed by atoms with Gasteiger partial charge in [0.1, 0.15) is 0 Å². The largest absolute Gasteiger partial charge is 0.385 e. The Labute approximate surface area is 140 Å². The summed E-state index contributed by atoms with van der Waals surface area (Å²) in [5.74, 6) is 0.917. The zero-order valence-corrected chi connectivity index (χ0v) is 14.5. The fraction of sp³-hybridized carbons (Fsp3) is 0.842. The first-order valence-corrected chi connectivity index (χ1v) is 9.32. The molecule has 130 valence electrons. The predicted molar refractivity (Wildman–Crippen MR) is 90.3 cm³/mol. The Morgan fingerprint density at radius 1 is 1.39 bits per heavy atom. The number of ether oxygens (including phenoxy) is 2. The van der Waals surface area contributed by atoms with Crippen LogP contribution in [0.25, 0.3) is 0 Å². The van der Waals surface area contributed by atoms with Crippen LogP contribution in [0.2, 0.25) is 0 Å². The highest BCUT2D eigenvalue weighted by atomic mass is 16.5. The van der Waals surface area contributed by atoms with Crippen LogP contribution in [-0.4, -0.2) is 49.8 Å². The summed E-state index contributed by atoms with van der Waals surface area (Å²) in [4.78, 5) is 14.6. The van der Waals surface area contributed by atoms with E-state index >= 15 is 0 Å². The standard InChI is InChI=1S/C19H31NO3/c1-22-13-7-17-8-14-23-19(17)9-11-20(12-10-19)18(21)15-16-5-3-2-4-6-16/h5,17H,2-4,6-15H2,1H3. The highest BCUT2D eigenvalue weighted by Crippen LogP contribution is 2.42. The number of nitrogens with zero attached hydrogens (tertiary/aromatic N) is 1. The van der Waals surface area contributed by atoms with Crippen molar-refractivity contribution in [3.63, 3.8) is 0 Å². The molecule has 2 saturated heterocycles. The van der Waals surface area contributed by atoms with E-state index < -0.39 is 0 Å². The summed E-state index contributed by atoms with van der Waals surface area (Å²) in [7, 11) is 1.77. The second kappa shape index (κ2) is 7.80. The second-order valence-electron chi connectivity index (χ2n) is 7.35. The molecule has 0 bridgehead atoms. The number of methoxy groups -OCH3 is 1. The molecule has 0 radical (unpaired) electrons. The van der Waals surface area contributed by atoms with Crippen molar-refractivity contribution in [3.05, 3.63) is 11.6 Å².